The molecule has 1 N–H and O–H groups in total. The molecule has 2 amide bonds. The molecule has 110 valence electrons. The summed E-state index contributed by atoms with van der Waals surface area (Å²) in [6.45, 7) is 4.76. The van der Waals surface area contributed by atoms with Crippen molar-refractivity contribution in [3.05, 3.63) is 12.3 Å². The molecular weight excluding hydrogens is 258 g/mol. The molecular formula is C14H21N3O3. The first-order valence-electron chi connectivity index (χ1n) is 7.02. The van der Waals surface area contributed by atoms with Crippen LogP contribution in [0.4, 0.5) is 5.82 Å². The van der Waals surface area contributed by atoms with Crippen LogP contribution in [0.25, 0.3) is 0 Å². The van der Waals surface area contributed by atoms with Gasteiger partial charge in [0.15, 0.2) is 5.82 Å². The highest BCUT2D eigenvalue weighted by atomic mass is 16.5. The summed E-state index contributed by atoms with van der Waals surface area (Å²) in [4.78, 5) is 25.8. The Morgan fingerprint density at radius 2 is 2.25 bits per heavy atom. The highest BCUT2D eigenvalue weighted by Gasteiger charge is 2.28. The molecule has 0 atom stereocenters. The van der Waals surface area contributed by atoms with Crippen molar-refractivity contribution in [1.29, 1.82) is 0 Å². The molecule has 1 saturated carbocycles. The van der Waals surface area contributed by atoms with Crippen LogP contribution >= 0.6 is 0 Å². The number of nitrogens with one attached hydrogen (secondary N) is 1. The van der Waals surface area contributed by atoms with E-state index in [1.165, 1.54) is 6.26 Å². The van der Waals surface area contributed by atoms with Crippen LogP contribution in [0.5, 0.6) is 0 Å². The lowest BCUT2D eigenvalue weighted by Gasteiger charge is -2.22. The Morgan fingerprint density at radius 3 is 2.80 bits per heavy atom. The Balaban J connectivity index is 1.88. The van der Waals surface area contributed by atoms with Gasteiger partial charge in [-0.3, -0.25) is 9.59 Å². The second-order valence-electron chi connectivity index (χ2n) is 5.75. The summed E-state index contributed by atoms with van der Waals surface area (Å²) < 4.78 is 4.65. The van der Waals surface area contributed by atoms with Crippen LogP contribution in [0.1, 0.15) is 33.1 Å². The fourth-order valence-electron chi connectivity index (χ4n) is 1.98. The average molecular weight is 279 g/mol. The molecule has 0 aliphatic heterocycles. The molecule has 1 fully saturated rings. The third-order valence-electron chi connectivity index (χ3n) is 3.15. The maximum Gasteiger partial charge on any atom is 0.245 e. The van der Waals surface area contributed by atoms with Gasteiger partial charge in [0, 0.05) is 19.0 Å². The Bertz CT molecular complexity index is 452. The van der Waals surface area contributed by atoms with E-state index in [2.05, 4.69) is 15.0 Å². The zero-order valence-corrected chi connectivity index (χ0v) is 12.0. The van der Waals surface area contributed by atoms with E-state index in [4.69, 9.17) is 0 Å². The Hall–Kier alpha value is -1.85. The quantitative estimate of drug-likeness (QED) is 0.827. The van der Waals surface area contributed by atoms with Gasteiger partial charge in [0.1, 0.15) is 6.26 Å². The summed E-state index contributed by atoms with van der Waals surface area (Å²) in [5.41, 5.74) is 0. The van der Waals surface area contributed by atoms with Crippen molar-refractivity contribution in [3.8, 4) is 0 Å². The predicted octanol–water partition coefficient (Wildman–Crippen LogP) is 1.90. The van der Waals surface area contributed by atoms with Crippen molar-refractivity contribution in [2.24, 2.45) is 11.8 Å². The van der Waals surface area contributed by atoms with E-state index in [1.54, 1.807) is 11.0 Å². The number of nitrogens with zero attached hydrogens (tertiary/aromatic N) is 2. The van der Waals surface area contributed by atoms with E-state index in [1.807, 2.05) is 13.8 Å². The zero-order chi connectivity index (χ0) is 14.5. The van der Waals surface area contributed by atoms with Gasteiger partial charge in [-0.05, 0) is 24.7 Å². The molecule has 0 saturated heterocycles. The number of amides is 2. The zero-order valence-electron chi connectivity index (χ0n) is 12.0. The monoisotopic (exact) mass is 279 g/mol. The maximum atomic E-state index is 12.2. The minimum atomic E-state index is -0.239. The Morgan fingerprint density at radius 1 is 1.50 bits per heavy atom. The molecule has 1 aliphatic carbocycles. The third kappa shape index (κ3) is 4.68. The molecule has 6 nitrogen and oxygen atoms in total. The summed E-state index contributed by atoms with van der Waals surface area (Å²) in [6.07, 6.45) is 4.16. The van der Waals surface area contributed by atoms with Gasteiger partial charge in [-0.25, -0.2) is 0 Å². The summed E-state index contributed by atoms with van der Waals surface area (Å²) in [7, 11) is 0. The Labute approximate surface area is 118 Å². The smallest absolute Gasteiger partial charge is 0.245 e. The number of aromatic nitrogens is 1. The summed E-state index contributed by atoms with van der Waals surface area (Å²) in [6, 6.07) is 1.57. The molecule has 0 bridgehead atoms. The van der Waals surface area contributed by atoms with Crippen LogP contribution in [-0.2, 0) is 9.59 Å². The lowest BCUT2D eigenvalue weighted by molar-refractivity contribution is -0.135. The predicted molar refractivity (Wildman–Crippen MR) is 73.9 cm³/mol. The number of hydrogen-bond acceptors (Lipinski definition) is 4. The molecule has 1 heterocycles. The van der Waals surface area contributed by atoms with E-state index in [9.17, 15) is 9.59 Å². The van der Waals surface area contributed by atoms with Crippen molar-refractivity contribution in [3.63, 3.8) is 0 Å². The van der Waals surface area contributed by atoms with Crippen LogP contribution in [0.3, 0.4) is 0 Å². The van der Waals surface area contributed by atoms with E-state index in [0.29, 0.717) is 30.6 Å². The maximum absolute atomic E-state index is 12.2. The molecule has 1 aliphatic rings. The lowest BCUT2D eigenvalue weighted by atomic mass is 10.1. The van der Waals surface area contributed by atoms with Gasteiger partial charge in [0.05, 0.1) is 6.54 Å². The number of carbonyl (C=O) groups excluding carboxylic acids is 2. The molecule has 20 heavy (non-hydrogen) atoms. The highest BCUT2D eigenvalue weighted by molar-refractivity contribution is 5.93. The first-order chi connectivity index (χ1) is 9.54. The number of hydrogen-bond donors (Lipinski definition) is 1. The molecule has 0 spiro atoms. The first kappa shape index (κ1) is 14.6. The summed E-state index contributed by atoms with van der Waals surface area (Å²) >= 11 is 0. The summed E-state index contributed by atoms with van der Waals surface area (Å²) in [5, 5.41) is 6.24. The molecule has 0 aromatic carbocycles. The van der Waals surface area contributed by atoms with Gasteiger partial charge < -0.3 is 14.7 Å². The fourth-order valence-corrected chi connectivity index (χ4v) is 1.98. The van der Waals surface area contributed by atoms with Gasteiger partial charge in [-0.15, -0.1) is 0 Å². The van der Waals surface area contributed by atoms with Crippen LogP contribution in [0.15, 0.2) is 16.9 Å². The minimum Gasteiger partial charge on any atom is -0.363 e. The van der Waals surface area contributed by atoms with Gasteiger partial charge >= 0.3 is 0 Å². The third-order valence-corrected chi connectivity index (χ3v) is 3.15. The van der Waals surface area contributed by atoms with Crippen LogP contribution in [-0.4, -0.2) is 35.0 Å². The van der Waals surface area contributed by atoms with Gasteiger partial charge in [-0.1, -0.05) is 19.0 Å². The van der Waals surface area contributed by atoms with E-state index in [-0.39, 0.29) is 18.4 Å². The van der Waals surface area contributed by atoms with Crippen LogP contribution in [0, 0.1) is 11.8 Å². The molecule has 1 aromatic rings. The van der Waals surface area contributed by atoms with Crippen molar-refractivity contribution < 1.29 is 14.1 Å². The highest BCUT2D eigenvalue weighted by Crippen LogP contribution is 2.30. The molecule has 0 radical (unpaired) electrons. The van der Waals surface area contributed by atoms with Gasteiger partial charge in [-0.2, -0.15) is 0 Å². The normalized spacial score (nSPS) is 14.3. The molecule has 2 rings (SSSR count). The van der Waals surface area contributed by atoms with Crippen molar-refractivity contribution >= 4 is 17.6 Å². The SMILES string of the molecule is CC(C)CC(=O)N(CC(=O)Nc1ccon1)CC1CC1. The lowest BCUT2D eigenvalue weighted by Crippen LogP contribution is -2.39. The Kier molecular flexibility index (Phi) is 4.76. The second-order valence-corrected chi connectivity index (χ2v) is 5.75. The average Bonchev–Trinajstić information content (AvgIpc) is 3.03. The first-order valence-corrected chi connectivity index (χ1v) is 7.02. The van der Waals surface area contributed by atoms with E-state index >= 15 is 0 Å². The fraction of sp³-hybridized carbons (Fsp3) is 0.643. The second kappa shape index (κ2) is 6.54. The number of anilines is 1. The van der Waals surface area contributed by atoms with Crippen molar-refractivity contribution in [2.45, 2.75) is 33.1 Å². The number of rotatable bonds is 7. The van der Waals surface area contributed by atoms with Gasteiger partial charge in [0.2, 0.25) is 11.8 Å². The standard InChI is InChI=1S/C14H21N3O3/c1-10(2)7-14(19)17(8-11-3-4-11)9-13(18)15-12-5-6-20-16-12/h5-6,10-11H,3-4,7-9H2,1-2H3,(H,15,16,18). The topological polar surface area (TPSA) is 75.4 Å². The van der Waals surface area contributed by atoms with Crippen molar-refractivity contribution in [1.82, 2.24) is 10.1 Å². The largest absolute Gasteiger partial charge is 0.363 e. The van der Waals surface area contributed by atoms with Crippen LogP contribution in [0.2, 0.25) is 0 Å². The van der Waals surface area contributed by atoms with E-state index in [0.717, 1.165) is 12.8 Å². The number of carbonyl (C=O) groups is 2. The molecule has 0 unspecified atom stereocenters. The van der Waals surface area contributed by atoms with Gasteiger partial charge in [0.25, 0.3) is 0 Å². The van der Waals surface area contributed by atoms with Crippen molar-refractivity contribution in [2.75, 3.05) is 18.4 Å². The van der Waals surface area contributed by atoms with E-state index < -0.39 is 0 Å². The minimum absolute atomic E-state index is 0.0437. The summed E-state index contributed by atoms with van der Waals surface area (Å²) in [5.74, 6) is 1.03. The van der Waals surface area contributed by atoms with Crippen LogP contribution < -0.4 is 5.32 Å². The molecule has 6 heteroatoms. The molecule has 1 aromatic heterocycles.